The molecule has 0 saturated carbocycles. The molecule has 0 bridgehead atoms. The standard InChI is InChI=1S/C13H15NO4/c14-13(16)9-2-1-3-11(6-9)18-8-12(15)10-4-5-17-7-10/h1-3,6,10H,4-5,7-8H2,(H2,14,16). The molecule has 1 fully saturated rings. The third-order valence-electron chi connectivity index (χ3n) is 2.88. The summed E-state index contributed by atoms with van der Waals surface area (Å²) >= 11 is 0. The first-order valence-electron chi connectivity index (χ1n) is 5.80. The van der Waals surface area contributed by atoms with Crippen LogP contribution in [0.3, 0.4) is 0 Å². The number of hydrogen-bond acceptors (Lipinski definition) is 4. The van der Waals surface area contributed by atoms with E-state index < -0.39 is 5.91 Å². The molecular weight excluding hydrogens is 234 g/mol. The number of Topliss-reactive ketones (excluding diaryl/α,β-unsaturated/α-hetero) is 1. The fraction of sp³-hybridized carbons (Fsp3) is 0.385. The molecule has 0 radical (unpaired) electrons. The second kappa shape index (κ2) is 5.64. The van der Waals surface area contributed by atoms with E-state index >= 15 is 0 Å². The van der Waals surface area contributed by atoms with Crippen molar-refractivity contribution in [2.45, 2.75) is 6.42 Å². The van der Waals surface area contributed by atoms with E-state index in [0.29, 0.717) is 24.5 Å². The van der Waals surface area contributed by atoms with Crippen LogP contribution >= 0.6 is 0 Å². The van der Waals surface area contributed by atoms with Gasteiger partial charge in [-0.2, -0.15) is 0 Å². The van der Waals surface area contributed by atoms with Crippen LogP contribution in [0, 0.1) is 5.92 Å². The van der Waals surface area contributed by atoms with Gasteiger partial charge < -0.3 is 15.2 Å². The summed E-state index contributed by atoms with van der Waals surface area (Å²) in [5.74, 6) is -0.0872. The van der Waals surface area contributed by atoms with Crippen molar-refractivity contribution in [1.82, 2.24) is 0 Å². The fourth-order valence-corrected chi connectivity index (χ4v) is 1.80. The molecule has 2 rings (SSSR count). The van der Waals surface area contributed by atoms with Crippen LogP contribution in [-0.4, -0.2) is 31.5 Å². The number of primary amides is 1. The topological polar surface area (TPSA) is 78.6 Å². The summed E-state index contributed by atoms with van der Waals surface area (Å²) in [6, 6.07) is 6.48. The van der Waals surface area contributed by atoms with E-state index in [4.69, 9.17) is 15.2 Å². The fourth-order valence-electron chi connectivity index (χ4n) is 1.80. The van der Waals surface area contributed by atoms with Crippen molar-refractivity contribution in [3.8, 4) is 5.75 Å². The first kappa shape index (κ1) is 12.6. The van der Waals surface area contributed by atoms with Crippen LogP contribution in [0.15, 0.2) is 24.3 Å². The summed E-state index contributed by atoms with van der Waals surface area (Å²) < 4.78 is 10.5. The molecule has 5 heteroatoms. The van der Waals surface area contributed by atoms with Crippen LogP contribution in [-0.2, 0) is 9.53 Å². The highest BCUT2D eigenvalue weighted by Crippen LogP contribution is 2.16. The minimum atomic E-state index is -0.518. The lowest BCUT2D eigenvalue weighted by molar-refractivity contribution is -0.124. The normalized spacial score (nSPS) is 18.6. The molecule has 1 aliphatic rings. The minimum absolute atomic E-state index is 0.00373. The van der Waals surface area contributed by atoms with Crippen LogP contribution in [0.2, 0.25) is 0 Å². The number of rotatable bonds is 5. The number of benzene rings is 1. The molecule has 1 unspecified atom stereocenters. The van der Waals surface area contributed by atoms with Crippen molar-refractivity contribution in [2.75, 3.05) is 19.8 Å². The highest BCUT2D eigenvalue weighted by Gasteiger charge is 2.23. The van der Waals surface area contributed by atoms with Crippen LogP contribution in [0.5, 0.6) is 5.75 Å². The van der Waals surface area contributed by atoms with Gasteiger partial charge in [-0.3, -0.25) is 9.59 Å². The molecule has 1 heterocycles. The highest BCUT2D eigenvalue weighted by molar-refractivity contribution is 5.93. The van der Waals surface area contributed by atoms with Crippen molar-refractivity contribution in [1.29, 1.82) is 0 Å². The predicted octanol–water partition coefficient (Wildman–Crippen LogP) is 0.770. The monoisotopic (exact) mass is 249 g/mol. The Morgan fingerprint density at radius 1 is 1.44 bits per heavy atom. The average Bonchev–Trinajstić information content (AvgIpc) is 2.90. The number of nitrogens with two attached hydrogens (primary N) is 1. The van der Waals surface area contributed by atoms with Gasteiger partial charge in [-0.05, 0) is 24.6 Å². The van der Waals surface area contributed by atoms with Crippen LogP contribution in [0.1, 0.15) is 16.8 Å². The second-order valence-electron chi connectivity index (χ2n) is 4.21. The first-order valence-corrected chi connectivity index (χ1v) is 5.80. The van der Waals surface area contributed by atoms with Gasteiger partial charge in [0, 0.05) is 18.1 Å². The van der Waals surface area contributed by atoms with Crippen LogP contribution in [0.4, 0.5) is 0 Å². The van der Waals surface area contributed by atoms with E-state index in [-0.39, 0.29) is 18.3 Å². The largest absolute Gasteiger partial charge is 0.486 e. The zero-order valence-electron chi connectivity index (χ0n) is 9.93. The molecule has 1 aliphatic heterocycles. The lowest BCUT2D eigenvalue weighted by Gasteiger charge is -2.09. The maximum absolute atomic E-state index is 11.7. The molecule has 0 spiro atoms. The van der Waals surface area contributed by atoms with E-state index in [1.54, 1.807) is 18.2 Å². The third kappa shape index (κ3) is 3.07. The quantitative estimate of drug-likeness (QED) is 0.836. The smallest absolute Gasteiger partial charge is 0.248 e. The van der Waals surface area contributed by atoms with E-state index in [2.05, 4.69) is 0 Å². The summed E-state index contributed by atoms with van der Waals surface area (Å²) in [5, 5.41) is 0. The Hall–Kier alpha value is -1.88. The van der Waals surface area contributed by atoms with E-state index in [9.17, 15) is 9.59 Å². The Bertz CT molecular complexity index is 452. The van der Waals surface area contributed by atoms with Gasteiger partial charge in [0.15, 0.2) is 5.78 Å². The Morgan fingerprint density at radius 3 is 2.94 bits per heavy atom. The van der Waals surface area contributed by atoms with Crippen molar-refractivity contribution < 1.29 is 19.1 Å². The van der Waals surface area contributed by atoms with Gasteiger partial charge in [0.2, 0.25) is 5.91 Å². The maximum Gasteiger partial charge on any atom is 0.248 e. The summed E-state index contributed by atoms with van der Waals surface area (Å²) in [5.41, 5.74) is 5.53. The second-order valence-corrected chi connectivity index (χ2v) is 4.21. The van der Waals surface area contributed by atoms with Gasteiger partial charge in [0.25, 0.3) is 0 Å². The zero-order chi connectivity index (χ0) is 13.0. The summed E-state index contributed by atoms with van der Waals surface area (Å²) in [4.78, 5) is 22.7. The average molecular weight is 249 g/mol. The molecule has 96 valence electrons. The highest BCUT2D eigenvalue weighted by atomic mass is 16.5. The number of ketones is 1. The molecule has 2 N–H and O–H groups in total. The molecule has 18 heavy (non-hydrogen) atoms. The van der Waals surface area contributed by atoms with Gasteiger partial charge in [-0.1, -0.05) is 6.07 Å². The Balaban J connectivity index is 1.91. The van der Waals surface area contributed by atoms with Crippen molar-refractivity contribution >= 4 is 11.7 Å². The Morgan fingerprint density at radius 2 is 2.28 bits per heavy atom. The molecule has 0 aromatic heterocycles. The molecule has 1 saturated heterocycles. The number of ether oxygens (including phenoxy) is 2. The summed E-state index contributed by atoms with van der Waals surface area (Å²) in [6.45, 7) is 1.10. The number of hydrogen-bond donors (Lipinski definition) is 1. The van der Waals surface area contributed by atoms with E-state index in [0.717, 1.165) is 6.42 Å². The molecule has 0 aliphatic carbocycles. The molecule has 1 amide bonds. The van der Waals surface area contributed by atoms with Crippen LogP contribution < -0.4 is 10.5 Å². The van der Waals surface area contributed by atoms with Gasteiger partial charge in [0.1, 0.15) is 12.4 Å². The SMILES string of the molecule is NC(=O)c1cccc(OCC(=O)C2CCOC2)c1. The Kier molecular flexibility index (Phi) is 3.94. The molecular formula is C13H15NO4. The number of carbonyl (C=O) groups excluding carboxylic acids is 2. The van der Waals surface area contributed by atoms with Gasteiger partial charge in [0.05, 0.1) is 6.61 Å². The predicted molar refractivity (Wildman–Crippen MR) is 64.4 cm³/mol. The molecule has 1 atom stereocenters. The van der Waals surface area contributed by atoms with Crippen molar-refractivity contribution in [2.24, 2.45) is 11.7 Å². The Labute approximate surface area is 105 Å². The molecule has 5 nitrogen and oxygen atoms in total. The van der Waals surface area contributed by atoms with Crippen molar-refractivity contribution in [3.63, 3.8) is 0 Å². The number of carbonyl (C=O) groups is 2. The number of amides is 1. The molecule has 1 aromatic rings. The van der Waals surface area contributed by atoms with E-state index in [1.807, 2.05) is 0 Å². The third-order valence-corrected chi connectivity index (χ3v) is 2.88. The lowest BCUT2D eigenvalue weighted by Crippen LogP contribution is -2.21. The van der Waals surface area contributed by atoms with Gasteiger partial charge in [-0.15, -0.1) is 0 Å². The summed E-state index contributed by atoms with van der Waals surface area (Å²) in [7, 11) is 0. The zero-order valence-corrected chi connectivity index (χ0v) is 9.93. The van der Waals surface area contributed by atoms with E-state index in [1.165, 1.54) is 6.07 Å². The van der Waals surface area contributed by atoms with Crippen LogP contribution in [0.25, 0.3) is 0 Å². The minimum Gasteiger partial charge on any atom is -0.486 e. The first-order chi connectivity index (χ1) is 8.66. The van der Waals surface area contributed by atoms with Gasteiger partial charge >= 0.3 is 0 Å². The van der Waals surface area contributed by atoms with Crippen molar-refractivity contribution in [3.05, 3.63) is 29.8 Å². The lowest BCUT2D eigenvalue weighted by atomic mass is 10.0. The maximum atomic E-state index is 11.7. The molecule has 1 aromatic carbocycles. The summed E-state index contributed by atoms with van der Waals surface area (Å²) in [6.07, 6.45) is 0.753. The van der Waals surface area contributed by atoms with Gasteiger partial charge in [-0.25, -0.2) is 0 Å².